The lowest BCUT2D eigenvalue weighted by Crippen LogP contribution is -2.24. The van der Waals surface area contributed by atoms with Crippen LogP contribution in [0.3, 0.4) is 0 Å². The zero-order chi connectivity index (χ0) is 10.0. The molecule has 0 bridgehead atoms. The minimum atomic E-state index is -0.718. The van der Waals surface area contributed by atoms with E-state index in [0.717, 1.165) is 24.8 Å². The van der Waals surface area contributed by atoms with Crippen LogP contribution in [0.5, 0.6) is 0 Å². The maximum Gasteiger partial charge on any atom is 0.108 e. The molecule has 2 rings (SSSR count). The van der Waals surface area contributed by atoms with Crippen molar-refractivity contribution in [3.05, 3.63) is 47.5 Å². The van der Waals surface area contributed by atoms with Gasteiger partial charge in [0.1, 0.15) is 5.60 Å². The summed E-state index contributed by atoms with van der Waals surface area (Å²) in [5.74, 6) is 0. The number of aryl methyl sites for hydroxylation is 1. The van der Waals surface area contributed by atoms with Gasteiger partial charge in [0.15, 0.2) is 0 Å². The first-order valence-electron chi connectivity index (χ1n) is 5.18. The number of allylic oxidation sites excluding steroid dienone is 1. The zero-order valence-electron chi connectivity index (χ0n) is 8.53. The van der Waals surface area contributed by atoms with Gasteiger partial charge >= 0.3 is 0 Å². The minimum absolute atomic E-state index is 0.718. The van der Waals surface area contributed by atoms with Gasteiger partial charge in [0.05, 0.1) is 0 Å². The lowest BCUT2D eigenvalue weighted by molar-refractivity contribution is 0.0725. The Balaban J connectivity index is 2.37. The first kappa shape index (κ1) is 9.47. The van der Waals surface area contributed by atoms with Crippen molar-refractivity contribution in [2.24, 2.45) is 0 Å². The molecule has 1 heteroatoms. The topological polar surface area (TPSA) is 20.2 Å². The molecular weight excluding hydrogens is 172 g/mol. The van der Waals surface area contributed by atoms with Crippen molar-refractivity contribution in [2.45, 2.75) is 31.8 Å². The molecule has 0 amide bonds. The standard InChI is InChI=1S/C13H16O/c1-11-6-5-7-12(10-11)13(14)8-3-2-4-9-13/h3,5-8,10,14H,2,4,9H2,1H3. The van der Waals surface area contributed by atoms with Gasteiger partial charge in [0.25, 0.3) is 0 Å². The first-order valence-corrected chi connectivity index (χ1v) is 5.18. The average molecular weight is 188 g/mol. The summed E-state index contributed by atoms with van der Waals surface area (Å²) in [5.41, 5.74) is 1.51. The molecule has 0 saturated carbocycles. The third kappa shape index (κ3) is 1.73. The fourth-order valence-corrected chi connectivity index (χ4v) is 2.01. The summed E-state index contributed by atoms with van der Waals surface area (Å²) < 4.78 is 0. The molecule has 1 nitrogen and oxygen atoms in total. The maximum absolute atomic E-state index is 10.4. The van der Waals surface area contributed by atoms with Gasteiger partial charge in [0.2, 0.25) is 0 Å². The summed E-state index contributed by atoms with van der Waals surface area (Å²) in [6, 6.07) is 8.13. The Morgan fingerprint density at radius 2 is 2.21 bits per heavy atom. The summed E-state index contributed by atoms with van der Waals surface area (Å²) in [6.45, 7) is 2.05. The molecule has 0 aromatic heterocycles. The molecule has 1 N–H and O–H groups in total. The molecule has 14 heavy (non-hydrogen) atoms. The Morgan fingerprint density at radius 1 is 1.36 bits per heavy atom. The Bertz CT molecular complexity index is 354. The molecule has 1 aliphatic carbocycles. The van der Waals surface area contributed by atoms with Crippen molar-refractivity contribution in [1.82, 2.24) is 0 Å². The highest BCUT2D eigenvalue weighted by Gasteiger charge is 2.27. The number of hydrogen-bond donors (Lipinski definition) is 1. The van der Waals surface area contributed by atoms with Crippen molar-refractivity contribution < 1.29 is 5.11 Å². The summed E-state index contributed by atoms with van der Waals surface area (Å²) in [5, 5.41) is 10.4. The molecule has 1 aromatic rings. The fraction of sp³-hybridized carbons (Fsp3) is 0.385. The maximum atomic E-state index is 10.4. The van der Waals surface area contributed by atoms with E-state index in [9.17, 15) is 5.11 Å². The third-order valence-corrected chi connectivity index (χ3v) is 2.84. The van der Waals surface area contributed by atoms with E-state index in [0.29, 0.717) is 0 Å². The summed E-state index contributed by atoms with van der Waals surface area (Å²) in [6.07, 6.45) is 7.01. The lowest BCUT2D eigenvalue weighted by atomic mass is 9.84. The molecule has 0 radical (unpaired) electrons. The van der Waals surface area contributed by atoms with Gasteiger partial charge in [-0.05, 0) is 31.7 Å². The largest absolute Gasteiger partial charge is 0.381 e. The van der Waals surface area contributed by atoms with Crippen molar-refractivity contribution in [1.29, 1.82) is 0 Å². The van der Waals surface area contributed by atoms with E-state index < -0.39 is 5.60 Å². The minimum Gasteiger partial charge on any atom is -0.381 e. The Hall–Kier alpha value is -1.08. The molecule has 1 aromatic carbocycles. The van der Waals surface area contributed by atoms with Gasteiger partial charge in [-0.1, -0.05) is 42.0 Å². The van der Waals surface area contributed by atoms with E-state index in [1.54, 1.807) is 0 Å². The molecule has 0 spiro atoms. The predicted octanol–water partition coefficient (Wildman–Crippen LogP) is 2.92. The van der Waals surface area contributed by atoms with Gasteiger partial charge < -0.3 is 5.11 Å². The van der Waals surface area contributed by atoms with Crippen LogP contribution < -0.4 is 0 Å². The molecule has 0 saturated heterocycles. The van der Waals surface area contributed by atoms with Gasteiger partial charge in [-0.15, -0.1) is 0 Å². The van der Waals surface area contributed by atoms with Crippen molar-refractivity contribution in [3.8, 4) is 0 Å². The van der Waals surface area contributed by atoms with Crippen LogP contribution >= 0.6 is 0 Å². The zero-order valence-corrected chi connectivity index (χ0v) is 8.53. The number of hydrogen-bond acceptors (Lipinski definition) is 1. The van der Waals surface area contributed by atoms with Gasteiger partial charge in [-0.25, -0.2) is 0 Å². The van der Waals surface area contributed by atoms with Gasteiger partial charge in [-0.2, -0.15) is 0 Å². The predicted molar refractivity (Wildman–Crippen MR) is 58.1 cm³/mol. The van der Waals surface area contributed by atoms with Crippen LogP contribution in [0.2, 0.25) is 0 Å². The second kappa shape index (κ2) is 3.58. The Kier molecular flexibility index (Phi) is 2.42. The fourth-order valence-electron chi connectivity index (χ4n) is 2.01. The molecule has 0 fully saturated rings. The van der Waals surface area contributed by atoms with Crippen LogP contribution in [-0.4, -0.2) is 5.11 Å². The molecule has 0 heterocycles. The monoisotopic (exact) mass is 188 g/mol. The Morgan fingerprint density at radius 3 is 2.86 bits per heavy atom. The third-order valence-electron chi connectivity index (χ3n) is 2.84. The smallest absolute Gasteiger partial charge is 0.108 e. The van der Waals surface area contributed by atoms with Crippen LogP contribution in [0.1, 0.15) is 30.4 Å². The summed E-state index contributed by atoms with van der Waals surface area (Å²) >= 11 is 0. The Labute approximate surface area is 85.1 Å². The van der Waals surface area contributed by atoms with E-state index in [2.05, 4.69) is 25.1 Å². The molecule has 1 unspecified atom stereocenters. The van der Waals surface area contributed by atoms with Crippen molar-refractivity contribution in [2.75, 3.05) is 0 Å². The summed E-state index contributed by atoms with van der Waals surface area (Å²) in [7, 11) is 0. The van der Waals surface area contributed by atoms with Crippen LogP contribution in [0.4, 0.5) is 0 Å². The number of benzene rings is 1. The highest BCUT2D eigenvalue weighted by molar-refractivity contribution is 5.31. The van der Waals surface area contributed by atoms with E-state index in [-0.39, 0.29) is 0 Å². The number of aliphatic hydroxyl groups is 1. The second-order valence-corrected chi connectivity index (χ2v) is 4.09. The van der Waals surface area contributed by atoms with Crippen molar-refractivity contribution in [3.63, 3.8) is 0 Å². The van der Waals surface area contributed by atoms with Gasteiger partial charge in [0, 0.05) is 0 Å². The molecule has 1 aliphatic rings. The lowest BCUT2D eigenvalue weighted by Gasteiger charge is -2.28. The van der Waals surface area contributed by atoms with E-state index in [1.165, 1.54) is 5.56 Å². The molecule has 1 atom stereocenters. The van der Waals surface area contributed by atoms with Gasteiger partial charge in [-0.3, -0.25) is 0 Å². The van der Waals surface area contributed by atoms with Crippen LogP contribution in [0.15, 0.2) is 36.4 Å². The quantitative estimate of drug-likeness (QED) is 0.672. The highest BCUT2D eigenvalue weighted by atomic mass is 16.3. The summed E-state index contributed by atoms with van der Waals surface area (Å²) in [4.78, 5) is 0. The highest BCUT2D eigenvalue weighted by Crippen LogP contribution is 2.32. The normalized spacial score (nSPS) is 26.4. The van der Waals surface area contributed by atoms with E-state index in [1.807, 2.05) is 18.2 Å². The number of rotatable bonds is 1. The van der Waals surface area contributed by atoms with E-state index in [4.69, 9.17) is 0 Å². The second-order valence-electron chi connectivity index (χ2n) is 4.09. The molecule has 0 aliphatic heterocycles. The first-order chi connectivity index (χ1) is 6.71. The van der Waals surface area contributed by atoms with Crippen LogP contribution in [-0.2, 0) is 5.60 Å². The van der Waals surface area contributed by atoms with Crippen LogP contribution in [0.25, 0.3) is 0 Å². The van der Waals surface area contributed by atoms with E-state index >= 15 is 0 Å². The van der Waals surface area contributed by atoms with Crippen molar-refractivity contribution >= 4 is 0 Å². The molecule has 74 valence electrons. The SMILES string of the molecule is Cc1cccc(C2(O)C=CCCC2)c1. The molecular formula is C13H16O. The van der Waals surface area contributed by atoms with Crippen LogP contribution in [0, 0.1) is 6.92 Å². The average Bonchev–Trinajstić information content (AvgIpc) is 2.19.